The SMILES string of the molecule is CNC(CCN1CC(C)CC1C)c1ccc(C)cc1. The Morgan fingerprint density at radius 2 is 1.95 bits per heavy atom. The number of nitrogens with one attached hydrogen (secondary N) is 1. The summed E-state index contributed by atoms with van der Waals surface area (Å²) in [7, 11) is 2.07. The molecule has 1 aromatic rings. The molecule has 3 atom stereocenters. The molecular formula is C17H28N2. The van der Waals surface area contributed by atoms with Crippen molar-refractivity contribution in [2.24, 2.45) is 5.92 Å². The first-order chi connectivity index (χ1) is 9.10. The van der Waals surface area contributed by atoms with Crippen LogP contribution in [0.5, 0.6) is 0 Å². The standard InChI is InChI=1S/C17H28N2/c1-13-5-7-16(8-6-13)17(18-4)9-10-19-12-14(2)11-15(19)3/h5-8,14-15,17-18H,9-12H2,1-4H3. The van der Waals surface area contributed by atoms with Gasteiger partial charge in [-0.05, 0) is 45.2 Å². The van der Waals surface area contributed by atoms with E-state index in [1.807, 2.05) is 0 Å². The molecule has 1 N–H and O–H groups in total. The molecule has 1 aliphatic rings. The van der Waals surface area contributed by atoms with Crippen molar-refractivity contribution >= 4 is 0 Å². The van der Waals surface area contributed by atoms with Crippen LogP contribution in [0.15, 0.2) is 24.3 Å². The highest BCUT2D eigenvalue weighted by Crippen LogP contribution is 2.24. The zero-order chi connectivity index (χ0) is 13.8. The summed E-state index contributed by atoms with van der Waals surface area (Å²) in [6.07, 6.45) is 2.55. The Morgan fingerprint density at radius 1 is 1.26 bits per heavy atom. The first-order valence-electron chi connectivity index (χ1n) is 7.58. The van der Waals surface area contributed by atoms with E-state index in [2.05, 4.69) is 62.3 Å². The van der Waals surface area contributed by atoms with Crippen molar-refractivity contribution < 1.29 is 0 Å². The highest BCUT2D eigenvalue weighted by atomic mass is 15.2. The van der Waals surface area contributed by atoms with Crippen LogP contribution in [0.4, 0.5) is 0 Å². The first-order valence-corrected chi connectivity index (χ1v) is 7.58. The molecule has 0 saturated carbocycles. The fraction of sp³-hybridized carbons (Fsp3) is 0.647. The highest BCUT2D eigenvalue weighted by Gasteiger charge is 2.26. The quantitative estimate of drug-likeness (QED) is 0.873. The Kier molecular flexibility index (Phi) is 5.00. The fourth-order valence-corrected chi connectivity index (χ4v) is 3.27. The molecule has 1 aromatic carbocycles. The fourth-order valence-electron chi connectivity index (χ4n) is 3.27. The molecule has 3 unspecified atom stereocenters. The molecule has 0 bridgehead atoms. The van der Waals surface area contributed by atoms with Crippen molar-refractivity contribution in [1.82, 2.24) is 10.2 Å². The second-order valence-electron chi connectivity index (χ2n) is 6.23. The van der Waals surface area contributed by atoms with Gasteiger partial charge in [-0.1, -0.05) is 36.8 Å². The lowest BCUT2D eigenvalue weighted by atomic mass is 10.0. The van der Waals surface area contributed by atoms with Gasteiger partial charge in [0.05, 0.1) is 0 Å². The summed E-state index contributed by atoms with van der Waals surface area (Å²) in [4.78, 5) is 2.64. The lowest BCUT2D eigenvalue weighted by Crippen LogP contribution is -2.31. The normalized spacial score (nSPS) is 25.7. The summed E-state index contributed by atoms with van der Waals surface area (Å²) in [6.45, 7) is 9.34. The van der Waals surface area contributed by atoms with Gasteiger partial charge < -0.3 is 10.2 Å². The first kappa shape index (κ1) is 14.5. The molecule has 2 heteroatoms. The molecule has 1 saturated heterocycles. The van der Waals surface area contributed by atoms with Crippen LogP contribution in [0.2, 0.25) is 0 Å². The molecule has 0 radical (unpaired) electrons. The van der Waals surface area contributed by atoms with E-state index in [1.54, 1.807) is 0 Å². The second-order valence-corrected chi connectivity index (χ2v) is 6.23. The molecule has 106 valence electrons. The van der Waals surface area contributed by atoms with Gasteiger partial charge >= 0.3 is 0 Å². The molecule has 0 spiro atoms. The lowest BCUT2D eigenvalue weighted by molar-refractivity contribution is 0.250. The number of nitrogens with zero attached hydrogens (tertiary/aromatic N) is 1. The Hall–Kier alpha value is -0.860. The zero-order valence-electron chi connectivity index (χ0n) is 12.8. The van der Waals surface area contributed by atoms with Crippen molar-refractivity contribution in [2.45, 2.75) is 45.7 Å². The molecule has 0 amide bonds. The smallest absolute Gasteiger partial charge is 0.0329 e. The van der Waals surface area contributed by atoms with Gasteiger partial charge in [0.2, 0.25) is 0 Å². The maximum Gasteiger partial charge on any atom is 0.0329 e. The molecular weight excluding hydrogens is 232 g/mol. The van der Waals surface area contributed by atoms with Crippen LogP contribution in [-0.4, -0.2) is 31.1 Å². The van der Waals surface area contributed by atoms with Crippen LogP contribution in [-0.2, 0) is 0 Å². The predicted octanol–water partition coefficient (Wildman–Crippen LogP) is 3.38. The summed E-state index contributed by atoms with van der Waals surface area (Å²) >= 11 is 0. The number of rotatable bonds is 5. The number of hydrogen-bond donors (Lipinski definition) is 1. The van der Waals surface area contributed by atoms with Crippen molar-refractivity contribution in [1.29, 1.82) is 0 Å². The van der Waals surface area contributed by atoms with Crippen LogP contribution in [0.1, 0.15) is 43.9 Å². The molecule has 1 heterocycles. The third-order valence-electron chi connectivity index (χ3n) is 4.45. The van der Waals surface area contributed by atoms with Crippen LogP contribution in [0.3, 0.4) is 0 Å². The predicted molar refractivity (Wildman–Crippen MR) is 82.4 cm³/mol. The van der Waals surface area contributed by atoms with E-state index in [-0.39, 0.29) is 0 Å². The summed E-state index contributed by atoms with van der Waals surface area (Å²) in [5.74, 6) is 0.863. The van der Waals surface area contributed by atoms with Crippen LogP contribution < -0.4 is 5.32 Å². The van der Waals surface area contributed by atoms with E-state index in [0.29, 0.717) is 6.04 Å². The van der Waals surface area contributed by atoms with E-state index in [4.69, 9.17) is 0 Å². The van der Waals surface area contributed by atoms with Crippen LogP contribution in [0.25, 0.3) is 0 Å². The van der Waals surface area contributed by atoms with E-state index >= 15 is 0 Å². The molecule has 0 aliphatic carbocycles. The van der Waals surface area contributed by atoms with Gasteiger partial charge in [0.15, 0.2) is 0 Å². The van der Waals surface area contributed by atoms with Gasteiger partial charge in [-0.25, -0.2) is 0 Å². The Balaban J connectivity index is 1.91. The van der Waals surface area contributed by atoms with Gasteiger partial charge in [0.25, 0.3) is 0 Å². The van der Waals surface area contributed by atoms with E-state index < -0.39 is 0 Å². The van der Waals surface area contributed by atoms with Crippen molar-refractivity contribution in [3.05, 3.63) is 35.4 Å². The van der Waals surface area contributed by atoms with Crippen molar-refractivity contribution in [3.63, 3.8) is 0 Å². The monoisotopic (exact) mass is 260 g/mol. The minimum Gasteiger partial charge on any atom is -0.313 e. The Bertz CT molecular complexity index is 385. The van der Waals surface area contributed by atoms with Gasteiger partial charge in [-0.3, -0.25) is 0 Å². The zero-order valence-corrected chi connectivity index (χ0v) is 12.8. The van der Waals surface area contributed by atoms with E-state index in [0.717, 1.165) is 12.0 Å². The number of benzene rings is 1. The molecule has 2 rings (SSSR count). The molecule has 1 aliphatic heterocycles. The van der Waals surface area contributed by atoms with Gasteiger partial charge in [-0.15, -0.1) is 0 Å². The summed E-state index contributed by atoms with van der Waals surface area (Å²) in [5.41, 5.74) is 2.74. The molecule has 19 heavy (non-hydrogen) atoms. The van der Waals surface area contributed by atoms with Crippen LogP contribution in [0, 0.1) is 12.8 Å². The van der Waals surface area contributed by atoms with Crippen LogP contribution >= 0.6 is 0 Å². The largest absolute Gasteiger partial charge is 0.313 e. The minimum atomic E-state index is 0.476. The maximum absolute atomic E-state index is 3.46. The summed E-state index contributed by atoms with van der Waals surface area (Å²) < 4.78 is 0. The third kappa shape index (κ3) is 3.80. The van der Waals surface area contributed by atoms with Gasteiger partial charge in [-0.2, -0.15) is 0 Å². The number of hydrogen-bond acceptors (Lipinski definition) is 2. The molecule has 1 fully saturated rings. The minimum absolute atomic E-state index is 0.476. The number of aryl methyl sites for hydroxylation is 1. The average Bonchev–Trinajstić information content (AvgIpc) is 2.71. The van der Waals surface area contributed by atoms with Crippen molar-refractivity contribution in [3.8, 4) is 0 Å². The Morgan fingerprint density at radius 3 is 2.47 bits per heavy atom. The van der Waals surface area contributed by atoms with E-state index in [9.17, 15) is 0 Å². The third-order valence-corrected chi connectivity index (χ3v) is 4.45. The van der Waals surface area contributed by atoms with Gasteiger partial charge in [0.1, 0.15) is 0 Å². The summed E-state index contributed by atoms with van der Waals surface area (Å²) in [6, 6.07) is 10.2. The lowest BCUT2D eigenvalue weighted by Gasteiger charge is -2.24. The topological polar surface area (TPSA) is 15.3 Å². The highest BCUT2D eigenvalue weighted by molar-refractivity contribution is 5.24. The maximum atomic E-state index is 3.46. The van der Waals surface area contributed by atoms with Crippen molar-refractivity contribution in [2.75, 3.05) is 20.1 Å². The number of likely N-dealkylation sites (tertiary alicyclic amines) is 1. The average molecular weight is 260 g/mol. The second kappa shape index (κ2) is 6.53. The Labute approximate surface area is 118 Å². The summed E-state index contributed by atoms with van der Waals surface area (Å²) in [5, 5.41) is 3.46. The van der Waals surface area contributed by atoms with E-state index in [1.165, 1.54) is 37.1 Å². The van der Waals surface area contributed by atoms with Gasteiger partial charge in [0, 0.05) is 25.2 Å². The molecule has 0 aromatic heterocycles. The molecule has 2 nitrogen and oxygen atoms in total.